The Morgan fingerprint density at radius 2 is 2.05 bits per heavy atom. The summed E-state index contributed by atoms with van der Waals surface area (Å²) in [5.74, 6) is 0.848. The number of H-pyrrole nitrogens is 1. The molecule has 0 radical (unpaired) electrons. The molecule has 110 valence electrons. The second-order valence-electron chi connectivity index (χ2n) is 5.25. The molecule has 0 aliphatic heterocycles. The van der Waals surface area contributed by atoms with Gasteiger partial charge >= 0.3 is 0 Å². The summed E-state index contributed by atoms with van der Waals surface area (Å²) in [4.78, 5) is 3.27. The van der Waals surface area contributed by atoms with Gasteiger partial charge in [0, 0.05) is 19.8 Å². The lowest BCUT2D eigenvalue weighted by molar-refractivity contribution is 0.181. The summed E-state index contributed by atoms with van der Waals surface area (Å²) in [6.45, 7) is 6.91. The molecule has 2 aromatic rings. The van der Waals surface area contributed by atoms with Crippen molar-refractivity contribution in [2.75, 3.05) is 13.7 Å². The molecule has 1 aromatic heterocycles. The second-order valence-corrected chi connectivity index (χ2v) is 5.63. The maximum absolute atomic E-state index is 5.84. The highest BCUT2D eigenvalue weighted by atomic mass is 32.1. The van der Waals surface area contributed by atoms with E-state index in [-0.39, 0.29) is 12.1 Å². The molecule has 4 nitrogen and oxygen atoms in total. The fourth-order valence-electron chi connectivity index (χ4n) is 2.33. The van der Waals surface area contributed by atoms with Gasteiger partial charge in [-0.05, 0) is 51.5 Å². The van der Waals surface area contributed by atoms with E-state index in [2.05, 4.69) is 22.5 Å². The minimum absolute atomic E-state index is 0.136. The molecule has 5 heteroatoms. The van der Waals surface area contributed by atoms with Gasteiger partial charge in [-0.15, -0.1) is 0 Å². The Balaban J connectivity index is 2.46. The molecule has 1 unspecified atom stereocenters. The third-order valence-electron chi connectivity index (χ3n) is 3.26. The summed E-state index contributed by atoms with van der Waals surface area (Å²) < 4.78 is 13.9. The van der Waals surface area contributed by atoms with E-state index in [1.165, 1.54) is 0 Å². The number of fused-ring (bicyclic) bond motifs is 1. The summed E-state index contributed by atoms with van der Waals surface area (Å²) >= 11 is 5.46. The predicted octanol–water partition coefficient (Wildman–Crippen LogP) is 4.08. The van der Waals surface area contributed by atoms with Crippen LogP contribution in [0.1, 0.15) is 33.2 Å². The molecular weight excluding hydrogens is 272 g/mol. The predicted molar refractivity (Wildman–Crippen MR) is 84.1 cm³/mol. The van der Waals surface area contributed by atoms with Crippen LogP contribution in [0.25, 0.3) is 11.0 Å². The summed E-state index contributed by atoms with van der Waals surface area (Å²) in [5.41, 5.74) is 2.05. The number of rotatable bonds is 6. The molecule has 1 N–H and O–H groups in total. The smallest absolute Gasteiger partial charge is 0.178 e. The molecule has 0 spiro atoms. The molecule has 1 heterocycles. The Morgan fingerprint density at radius 1 is 1.30 bits per heavy atom. The number of nitrogens with zero attached hydrogens (tertiary/aromatic N) is 1. The van der Waals surface area contributed by atoms with Gasteiger partial charge < -0.3 is 19.0 Å². The fraction of sp³-hybridized carbons (Fsp3) is 0.533. The minimum atomic E-state index is 0.136. The van der Waals surface area contributed by atoms with E-state index in [4.69, 9.17) is 21.7 Å². The Hall–Kier alpha value is -1.33. The number of aromatic nitrogens is 2. The standard InChI is InChI=1S/C15H22N2O2S/c1-10(2)19-13-7-5-6-12-14(13)16-15(20)17(12)11(3)8-9-18-4/h5-7,10-11H,8-9H2,1-4H3,(H,16,20). The first kappa shape index (κ1) is 15.1. The Kier molecular flexibility index (Phi) is 4.83. The fourth-order valence-corrected chi connectivity index (χ4v) is 2.71. The highest BCUT2D eigenvalue weighted by Crippen LogP contribution is 2.28. The molecule has 1 aromatic carbocycles. The molecule has 0 bridgehead atoms. The maximum Gasteiger partial charge on any atom is 0.178 e. The quantitative estimate of drug-likeness (QED) is 0.816. The van der Waals surface area contributed by atoms with Gasteiger partial charge in [-0.2, -0.15) is 0 Å². The summed E-state index contributed by atoms with van der Waals surface area (Å²) in [5, 5.41) is 0. The monoisotopic (exact) mass is 294 g/mol. The Bertz CT molecular complexity index is 630. The van der Waals surface area contributed by atoms with Crippen molar-refractivity contribution in [3.05, 3.63) is 23.0 Å². The van der Waals surface area contributed by atoms with E-state index in [1.807, 2.05) is 26.0 Å². The van der Waals surface area contributed by atoms with Crippen molar-refractivity contribution in [1.29, 1.82) is 0 Å². The number of imidazole rings is 1. The molecule has 0 saturated carbocycles. The van der Waals surface area contributed by atoms with Gasteiger partial charge in [-0.25, -0.2) is 0 Å². The SMILES string of the molecule is COCCC(C)n1c(=S)[nH]c2c(OC(C)C)cccc21. The first-order valence-electron chi connectivity index (χ1n) is 6.93. The van der Waals surface area contributed by atoms with Crippen molar-refractivity contribution in [2.45, 2.75) is 39.3 Å². The lowest BCUT2D eigenvalue weighted by atomic mass is 10.2. The zero-order valence-corrected chi connectivity index (χ0v) is 13.3. The van der Waals surface area contributed by atoms with Crippen LogP contribution in [-0.2, 0) is 4.74 Å². The first-order valence-corrected chi connectivity index (χ1v) is 7.34. The number of hydrogen-bond donors (Lipinski definition) is 1. The van der Waals surface area contributed by atoms with E-state index < -0.39 is 0 Å². The summed E-state index contributed by atoms with van der Waals surface area (Å²) in [6.07, 6.45) is 1.06. The van der Waals surface area contributed by atoms with Crippen LogP contribution in [0.4, 0.5) is 0 Å². The molecule has 0 aliphatic carbocycles. The van der Waals surface area contributed by atoms with Crippen molar-refractivity contribution in [1.82, 2.24) is 9.55 Å². The van der Waals surface area contributed by atoms with Gasteiger partial charge in [-0.3, -0.25) is 0 Å². The average Bonchev–Trinajstić information content (AvgIpc) is 2.73. The molecule has 20 heavy (non-hydrogen) atoms. The van der Waals surface area contributed by atoms with Crippen LogP contribution in [0.3, 0.4) is 0 Å². The van der Waals surface area contributed by atoms with Crippen LogP contribution in [0.15, 0.2) is 18.2 Å². The van der Waals surface area contributed by atoms with Crippen LogP contribution in [0.5, 0.6) is 5.75 Å². The number of hydrogen-bond acceptors (Lipinski definition) is 3. The normalized spacial score (nSPS) is 13.1. The van der Waals surface area contributed by atoms with Crippen LogP contribution >= 0.6 is 12.2 Å². The minimum Gasteiger partial charge on any atom is -0.489 e. The highest BCUT2D eigenvalue weighted by Gasteiger charge is 2.14. The van der Waals surface area contributed by atoms with E-state index >= 15 is 0 Å². The van der Waals surface area contributed by atoms with Crippen molar-refractivity contribution in [3.63, 3.8) is 0 Å². The van der Waals surface area contributed by atoms with Crippen LogP contribution < -0.4 is 4.74 Å². The maximum atomic E-state index is 5.84. The van der Waals surface area contributed by atoms with Crippen molar-refractivity contribution in [3.8, 4) is 5.75 Å². The summed E-state index contributed by atoms with van der Waals surface area (Å²) in [6, 6.07) is 6.32. The first-order chi connectivity index (χ1) is 9.54. The summed E-state index contributed by atoms with van der Waals surface area (Å²) in [7, 11) is 1.72. The lowest BCUT2D eigenvalue weighted by Gasteiger charge is -2.15. The Morgan fingerprint density at radius 3 is 2.70 bits per heavy atom. The van der Waals surface area contributed by atoms with Gasteiger partial charge in [-0.1, -0.05) is 6.07 Å². The van der Waals surface area contributed by atoms with Crippen LogP contribution in [0, 0.1) is 4.77 Å². The topological polar surface area (TPSA) is 39.2 Å². The highest BCUT2D eigenvalue weighted by molar-refractivity contribution is 7.71. The molecule has 2 rings (SSSR count). The Labute approximate surface area is 124 Å². The molecule has 0 fully saturated rings. The third kappa shape index (κ3) is 3.04. The number of ether oxygens (including phenoxy) is 2. The third-order valence-corrected chi connectivity index (χ3v) is 3.56. The number of methoxy groups -OCH3 is 1. The second kappa shape index (κ2) is 6.41. The van der Waals surface area contributed by atoms with E-state index in [0.717, 1.165) is 34.6 Å². The molecule has 1 atom stereocenters. The lowest BCUT2D eigenvalue weighted by Crippen LogP contribution is -2.08. The van der Waals surface area contributed by atoms with E-state index in [9.17, 15) is 0 Å². The molecule has 0 aliphatic rings. The van der Waals surface area contributed by atoms with Gasteiger partial charge in [0.2, 0.25) is 0 Å². The van der Waals surface area contributed by atoms with Crippen LogP contribution in [0.2, 0.25) is 0 Å². The molecular formula is C15H22N2O2S. The van der Waals surface area contributed by atoms with E-state index in [1.54, 1.807) is 7.11 Å². The van der Waals surface area contributed by atoms with Gasteiger partial charge in [0.25, 0.3) is 0 Å². The molecule has 0 amide bonds. The number of aromatic amines is 1. The number of nitrogens with one attached hydrogen (secondary N) is 1. The molecule has 0 saturated heterocycles. The van der Waals surface area contributed by atoms with E-state index in [0.29, 0.717) is 0 Å². The van der Waals surface area contributed by atoms with Crippen LogP contribution in [-0.4, -0.2) is 29.4 Å². The van der Waals surface area contributed by atoms with Gasteiger partial charge in [0.05, 0.1) is 11.6 Å². The number of benzene rings is 1. The van der Waals surface area contributed by atoms with Crippen molar-refractivity contribution >= 4 is 23.3 Å². The van der Waals surface area contributed by atoms with Gasteiger partial charge in [0.1, 0.15) is 11.3 Å². The average molecular weight is 294 g/mol. The van der Waals surface area contributed by atoms with Crippen molar-refractivity contribution < 1.29 is 9.47 Å². The zero-order chi connectivity index (χ0) is 14.7. The largest absolute Gasteiger partial charge is 0.489 e. The van der Waals surface area contributed by atoms with Gasteiger partial charge in [0.15, 0.2) is 4.77 Å². The van der Waals surface area contributed by atoms with Crippen molar-refractivity contribution in [2.24, 2.45) is 0 Å². The zero-order valence-electron chi connectivity index (χ0n) is 12.5. The number of para-hydroxylation sites is 1.